The number of nitrogens with zero attached hydrogens (tertiary/aromatic N) is 3. The predicted octanol–water partition coefficient (Wildman–Crippen LogP) is 3.08. The number of piperidine rings is 1. The molecule has 2 heterocycles. The molecular weight excluding hydrogens is 347 g/mol. The highest BCUT2D eigenvalue weighted by Crippen LogP contribution is 2.19. The van der Waals surface area contributed by atoms with E-state index in [1.54, 1.807) is 12.1 Å². The van der Waals surface area contributed by atoms with Crippen molar-refractivity contribution in [2.75, 3.05) is 31.6 Å². The number of amides is 1. The van der Waals surface area contributed by atoms with Crippen LogP contribution in [0.5, 0.6) is 5.75 Å². The van der Waals surface area contributed by atoms with E-state index in [4.69, 9.17) is 4.74 Å². The maximum atomic E-state index is 13.0. The fraction of sp³-hybridized carbons (Fsp3) is 0.500. The van der Waals surface area contributed by atoms with E-state index in [-0.39, 0.29) is 11.7 Å². The smallest absolute Gasteiger partial charge is 0.238 e. The van der Waals surface area contributed by atoms with Crippen LogP contribution in [-0.2, 0) is 11.3 Å². The second-order valence-corrected chi connectivity index (χ2v) is 7.04. The van der Waals surface area contributed by atoms with Crippen molar-refractivity contribution in [2.45, 2.75) is 33.2 Å². The molecule has 6 nitrogen and oxygen atoms in total. The Hall–Kier alpha value is -2.41. The first kappa shape index (κ1) is 19.4. The Balaban J connectivity index is 1.46. The van der Waals surface area contributed by atoms with Gasteiger partial charge in [-0.3, -0.25) is 14.4 Å². The molecule has 27 heavy (non-hydrogen) atoms. The molecule has 146 valence electrons. The Kier molecular flexibility index (Phi) is 6.45. The number of ether oxygens (including phenoxy) is 1. The van der Waals surface area contributed by atoms with Crippen molar-refractivity contribution in [3.05, 3.63) is 42.0 Å². The molecule has 0 spiro atoms. The van der Waals surface area contributed by atoms with Gasteiger partial charge in [0, 0.05) is 25.2 Å². The van der Waals surface area contributed by atoms with Gasteiger partial charge in [-0.05, 0) is 57.5 Å². The molecule has 7 heteroatoms. The summed E-state index contributed by atoms with van der Waals surface area (Å²) in [6, 6.07) is 6.08. The lowest BCUT2D eigenvalue weighted by molar-refractivity contribution is -0.117. The number of hydrogen-bond acceptors (Lipinski definition) is 4. The van der Waals surface area contributed by atoms with Gasteiger partial charge in [-0.1, -0.05) is 0 Å². The Bertz CT molecular complexity index is 760. The molecule has 1 aliphatic rings. The van der Waals surface area contributed by atoms with Crippen LogP contribution in [0.2, 0.25) is 0 Å². The molecule has 0 unspecified atom stereocenters. The summed E-state index contributed by atoms with van der Waals surface area (Å²) in [5.74, 6) is 0.752. The number of carbonyl (C=O) groups is 1. The minimum absolute atomic E-state index is 0.0196. The molecule has 1 fully saturated rings. The molecular formula is C20H27FN4O2. The predicted molar refractivity (Wildman–Crippen MR) is 102 cm³/mol. The first-order valence-corrected chi connectivity index (χ1v) is 9.48. The molecule has 0 bridgehead atoms. The largest absolute Gasteiger partial charge is 0.493 e. The van der Waals surface area contributed by atoms with Gasteiger partial charge in [0.25, 0.3) is 0 Å². The van der Waals surface area contributed by atoms with Crippen LogP contribution in [0.25, 0.3) is 0 Å². The number of aryl methyl sites for hydroxylation is 2. The Morgan fingerprint density at radius 2 is 2.15 bits per heavy atom. The number of benzene rings is 1. The zero-order valence-corrected chi connectivity index (χ0v) is 15.9. The highest BCUT2D eigenvalue weighted by molar-refractivity contribution is 5.92. The van der Waals surface area contributed by atoms with Gasteiger partial charge < -0.3 is 10.1 Å². The average Bonchev–Trinajstić information content (AvgIpc) is 3.01. The summed E-state index contributed by atoms with van der Waals surface area (Å²) in [5.41, 5.74) is 1.60. The molecule has 0 aliphatic carbocycles. The monoisotopic (exact) mass is 374 g/mol. The Morgan fingerprint density at radius 3 is 2.85 bits per heavy atom. The van der Waals surface area contributed by atoms with E-state index in [0.717, 1.165) is 43.9 Å². The summed E-state index contributed by atoms with van der Waals surface area (Å²) in [4.78, 5) is 14.6. The minimum atomic E-state index is -0.267. The van der Waals surface area contributed by atoms with Crippen LogP contribution in [0, 0.1) is 18.7 Å². The van der Waals surface area contributed by atoms with Gasteiger partial charge in [-0.2, -0.15) is 5.10 Å². The van der Waals surface area contributed by atoms with Crippen LogP contribution in [0.3, 0.4) is 0 Å². The lowest BCUT2D eigenvalue weighted by Gasteiger charge is -2.32. The second-order valence-electron chi connectivity index (χ2n) is 7.04. The number of carbonyl (C=O) groups excluding carboxylic acids is 1. The third kappa shape index (κ3) is 5.53. The molecule has 1 aromatic carbocycles. The van der Waals surface area contributed by atoms with Crippen molar-refractivity contribution in [1.29, 1.82) is 0 Å². The van der Waals surface area contributed by atoms with Gasteiger partial charge in [0.2, 0.25) is 5.91 Å². The summed E-state index contributed by atoms with van der Waals surface area (Å²) in [6.45, 7) is 7.36. The van der Waals surface area contributed by atoms with Crippen molar-refractivity contribution in [2.24, 2.45) is 5.92 Å². The molecule has 1 aliphatic heterocycles. The topological polar surface area (TPSA) is 59.4 Å². The quantitative estimate of drug-likeness (QED) is 0.809. The number of halogens is 1. The molecule has 3 rings (SSSR count). The molecule has 1 atom stereocenters. The number of aromatic nitrogens is 2. The molecule has 0 saturated carbocycles. The van der Waals surface area contributed by atoms with E-state index in [1.807, 2.05) is 24.7 Å². The molecule has 1 aromatic heterocycles. The average molecular weight is 374 g/mol. The van der Waals surface area contributed by atoms with E-state index < -0.39 is 0 Å². The standard InChI is InChI=1S/C20H27FN4O2/c1-3-25-12-19(15(2)23-25)22-20(26)13-24-10-4-5-16(11-24)14-27-18-8-6-17(21)7-9-18/h6-9,12,16H,3-5,10-11,13-14H2,1-2H3,(H,22,26)/t16-/m1/s1. The fourth-order valence-corrected chi connectivity index (χ4v) is 3.37. The highest BCUT2D eigenvalue weighted by Gasteiger charge is 2.22. The van der Waals surface area contributed by atoms with Gasteiger partial charge in [0.1, 0.15) is 11.6 Å². The van der Waals surface area contributed by atoms with Crippen LogP contribution in [-0.4, -0.2) is 46.8 Å². The van der Waals surface area contributed by atoms with E-state index in [9.17, 15) is 9.18 Å². The SMILES string of the molecule is CCn1cc(NC(=O)CN2CCC[C@@H](COc3ccc(F)cc3)C2)c(C)n1. The van der Waals surface area contributed by atoms with Gasteiger partial charge in [0.05, 0.1) is 24.5 Å². The summed E-state index contributed by atoms with van der Waals surface area (Å²) in [5, 5.41) is 7.31. The van der Waals surface area contributed by atoms with Crippen molar-refractivity contribution >= 4 is 11.6 Å². The molecule has 0 radical (unpaired) electrons. The van der Waals surface area contributed by atoms with Crippen molar-refractivity contribution < 1.29 is 13.9 Å². The summed E-state index contributed by atoms with van der Waals surface area (Å²) in [6.07, 6.45) is 3.97. The number of nitrogens with one attached hydrogen (secondary N) is 1. The van der Waals surface area contributed by atoms with Gasteiger partial charge in [-0.15, -0.1) is 0 Å². The fourth-order valence-electron chi connectivity index (χ4n) is 3.37. The zero-order valence-electron chi connectivity index (χ0n) is 15.9. The third-order valence-corrected chi connectivity index (χ3v) is 4.81. The van der Waals surface area contributed by atoms with Crippen molar-refractivity contribution in [3.63, 3.8) is 0 Å². The first-order valence-electron chi connectivity index (χ1n) is 9.48. The van der Waals surface area contributed by atoms with Gasteiger partial charge in [0.15, 0.2) is 0 Å². The van der Waals surface area contributed by atoms with Gasteiger partial charge in [-0.25, -0.2) is 4.39 Å². The van der Waals surface area contributed by atoms with Crippen LogP contribution in [0.4, 0.5) is 10.1 Å². The number of likely N-dealkylation sites (tertiary alicyclic amines) is 1. The minimum Gasteiger partial charge on any atom is -0.493 e. The molecule has 1 N–H and O–H groups in total. The number of rotatable bonds is 7. The van der Waals surface area contributed by atoms with Gasteiger partial charge >= 0.3 is 0 Å². The van der Waals surface area contributed by atoms with Crippen LogP contribution >= 0.6 is 0 Å². The van der Waals surface area contributed by atoms with Crippen molar-refractivity contribution in [1.82, 2.24) is 14.7 Å². The first-order chi connectivity index (χ1) is 13.0. The van der Waals surface area contributed by atoms with E-state index >= 15 is 0 Å². The molecule has 1 amide bonds. The maximum Gasteiger partial charge on any atom is 0.238 e. The highest BCUT2D eigenvalue weighted by atomic mass is 19.1. The summed E-state index contributed by atoms with van der Waals surface area (Å²) < 4.78 is 20.5. The van der Waals surface area contributed by atoms with Crippen LogP contribution in [0.1, 0.15) is 25.5 Å². The lowest BCUT2D eigenvalue weighted by atomic mass is 9.99. The Labute approximate surface area is 159 Å². The Morgan fingerprint density at radius 1 is 1.37 bits per heavy atom. The summed E-state index contributed by atoms with van der Waals surface area (Å²) in [7, 11) is 0. The molecule has 2 aromatic rings. The lowest BCUT2D eigenvalue weighted by Crippen LogP contribution is -2.42. The van der Waals surface area contributed by atoms with E-state index in [0.29, 0.717) is 24.8 Å². The number of anilines is 1. The normalized spacial score (nSPS) is 17.7. The van der Waals surface area contributed by atoms with E-state index in [1.165, 1.54) is 12.1 Å². The van der Waals surface area contributed by atoms with E-state index in [2.05, 4.69) is 15.3 Å². The third-order valence-electron chi connectivity index (χ3n) is 4.81. The number of hydrogen-bond donors (Lipinski definition) is 1. The molecule has 1 saturated heterocycles. The zero-order chi connectivity index (χ0) is 19.2. The van der Waals surface area contributed by atoms with Crippen molar-refractivity contribution in [3.8, 4) is 5.75 Å². The van der Waals surface area contributed by atoms with Crippen LogP contribution < -0.4 is 10.1 Å². The second kappa shape index (κ2) is 8.99. The maximum absolute atomic E-state index is 13.0. The summed E-state index contributed by atoms with van der Waals surface area (Å²) >= 11 is 0. The van der Waals surface area contributed by atoms with Crippen LogP contribution in [0.15, 0.2) is 30.5 Å².